The maximum atomic E-state index is 9.17. The first kappa shape index (κ1) is 14.6. The summed E-state index contributed by atoms with van der Waals surface area (Å²) >= 11 is 3.51. The van der Waals surface area contributed by atoms with Crippen molar-refractivity contribution in [1.82, 2.24) is 5.32 Å². The molecule has 0 amide bonds. The van der Waals surface area contributed by atoms with Crippen molar-refractivity contribution < 1.29 is 14.6 Å². The van der Waals surface area contributed by atoms with Crippen LogP contribution in [0.5, 0.6) is 11.5 Å². The lowest BCUT2D eigenvalue weighted by Crippen LogP contribution is -2.18. The zero-order valence-corrected chi connectivity index (χ0v) is 12.7. The molecule has 1 aromatic carbocycles. The second-order valence-electron chi connectivity index (χ2n) is 4.77. The first-order chi connectivity index (χ1) is 9.16. The number of aliphatic hydroxyl groups excluding tert-OH is 1. The van der Waals surface area contributed by atoms with Crippen molar-refractivity contribution in [3.8, 4) is 11.5 Å². The van der Waals surface area contributed by atoms with Crippen LogP contribution in [0.4, 0.5) is 0 Å². The Bertz CT molecular complexity index is 423. The Morgan fingerprint density at radius 3 is 2.95 bits per heavy atom. The van der Waals surface area contributed by atoms with E-state index in [0.717, 1.165) is 47.5 Å². The number of benzene rings is 1. The van der Waals surface area contributed by atoms with Crippen LogP contribution in [0.2, 0.25) is 0 Å². The van der Waals surface area contributed by atoms with Crippen LogP contribution in [0.3, 0.4) is 0 Å². The molecular weight excluding hydrogens is 310 g/mol. The number of hydrogen-bond donors (Lipinski definition) is 2. The van der Waals surface area contributed by atoms with Crippen molar-refractivity contribution in [2.45, 2.75) is 32.4 Å². The summed E-state index contributed by atoms with van der Waals surface area (Å²) < 4.78 is 12.1. The van der Waals surface area contributed by atoms with Gasteiger partial charge in [0.15, 0.2) is 11.5 Å². The van der Waals surface area contributed by atoms with Crippen molar-refractivity contribution in [3.63, 3.8) is 0 Å². The van der Waals surface area contributed by atoms with E-state index in [1.54, 1.807) is 0 Å². The van der Waals surface area contributed by atoms with Crippen LogP contribution in [0.1, 0.15) is 25.3 Å². The predicted octanol–water partition coefficient (Wildman–Crippen LogP) is 2.47. The molecule has 0 saturated carbocycles. The standard InChI is InChI=1S/C14H20BrNO3/c1-10(17)3-2-4-16-9-11-7-12(15)14-13(8-11)18-5-6-19-14/h7-8,10,16-17H,2-6,9H2,1H3. The molecule has 1 aliphatic rings. The van der Waals surface area contributed by atoms with Crippen molar-refractivity contribution in [2.24, 2.45) is 0 Å². The molecule has 1 aromatic rings. The molecule has 0 radical (unpaired) electrons. The normalized spacial score (nSPS) is 15.3. The summed E-state index contributed by atoms with van der Waals surface area (Å²) in [5.74, 6) is 1.60. The first-order valence-corrected chi connectivity index (χ1v) is 7.43. The summed E-state index contributed by atoms with van der Waals surface area (Å²) in [5.41, 5.74) is 1.16. The van der Waals surface area contributed by atoms with E-state index in [2.05, 4.69) is 27.3 Å². The summed E-state index contributed by atoms with van der Waals surface area (Å²) in [6.07, 6.45) is 1.59. The minimum atomic E-state index is -0.217. The summed E-state index contributed by atoms with van der Waals surface area (Å²) in [6.45, 7) is 4.71. The number of ether oxygens (including phenoxy) is 2. The second kappa shape index (κ2) is 7.12. The maximum Gasteiger partial charge on any atom is 0.175 e. The van der Waals surface area contributed by atoms with Crippen molar-refractivity contribution in [3.05, 3.63) is 22.2 Å². The van der Waals surface area contributed by atoms with E-state index in [4.69, 9.17) is 9.47 Å². The highest BCUT2D eigenvalue weighted by molar-refractivity contribution is 9.10. The van der Waals surface area contributed by atoms with Crippen LogP contribution in [0, 0.1) is 0 Å². The molecule has 0 saturated heterocycles. The third-order valence-corrected chi connectivity index (χ3v) is 3.55. The van der Waals surface area contributed by atoms with Gasteiger partial charge in [-0.3, -0.25) is 0 Å². The molecular formula is C14H20BrNO3. The lowest BCUT2D eigenvalue weighted by atomic mass is 10.2. The Morgan fingerprint density at radius 2 is 2.16 bits per heavy atom. The highest BCUT2D eigenvalue weighted by Gasteiger charge is 2.15. The van der Waals surface area contributed by atoms with Gasteiger partial charge in [0, 0.05) is 6.54 Å². The van der Waals surface area contributed by atoms with Gasteiger partial charge >= 0.3 is 0 Å². The van der Waals surface area contributed by atoms with E-state index in [0.29, 0.717) is 13.2 Å². The molecule has 1 heterocycles. The monoisotopic (exact) mass is 329 g/mol. The van der Waals surface area contributed by atoms with Gasteiger partial charge in [-0.15, -0.1) is 0 Å². The van der Waals surface area contributed by atoms with Crippen molar-refractivity contribution in [1.29, 1.82) is 0 Å². The van der Waals surface area contributed by atoms with Gasteiger partial charge in [-0.2, -0.15) is 0 Å². The van der Waals surface area contributed by atoms with Crippen molar-refractivity contribution in [2.75, 3.05) is 19.8 Å². The lowest BCUT2D eigenvalue weighted by molar-refractivity contribution is 0.170. The van der Waals surface area contributed by atoms with Gasteiger partial charge in [-0.25, -0.2) is 0 Å². The SMILES string of the molecule is CC(O)CCCNCc1cc(Br)c2c(c1)OCCO2. The Kier molecular flexibility index (Phi) is 5.48. The smallest absolute Gasteiger partial charge is 0.175 e. The molecule has 0 aromatic heterocycles. The Balaban J connectivity index is 1.85. The Hall–Kier alpha value is -0.780. The minimum Gasteiger partial charge on any atom is -0.486 e. The quantitative estimate of drug-likeness (QED) is 0.787. The van der Waals surface area contributed by atoms with Crippen LogP contribution in [-0.2, 0) is 6.54 Å². The summed E-state index contributed by atoms with van der Waals surface area (Å²) in [6, 6.07) is 4.07. The predicted molar refractivity (Wildman–Crippen MR) is 77.8 cm³/mol. The summed E-state index contributed by atoms with van der Waals surface area (Å²) in [5, 5.41) is 12.5. The van der Waals surface area contributed by atoms with Crippen LogP contribution < -0.4 is 14.8 Å². The van der Waals surface area contributed by atoms with Crippen LogP contribution in [0.15, 0.2) is 16.6 Å². The van der Waals surface area contributed by atoms with Gasteiger partial charge in [0.25, 0.3) is 0 Å². The average molecular weight is 330 g/mol. The van der Waals surface area contributed by atoms with Gasteiger partial charge in [0.05, 0.1) is 10.6 Å². The topological polar surface area (TPSA) is 50.7 Å². The van der Waals surface area contributed by atoms with E-state index >= 15 is 0 Å². The molecule has 1 unspecified atom stereocenters. The third-order valence-electron chi connectivity index (χ3n) is 2.96. The van der Waals surface area contributed by atoms with E-state index in [1.165, 1.54) is 0 Å². The van der Waals surface area contributed by atoms with E-state index in [1.807, 2.05) is 13.0 Å². The van der Waals surface area contributed by atoms with E-state index in [-0.39, 0.29) is 6.10 Å². The lowest BCUT2D eigenvalue weighted by Gasteiger charge is -2.20. The van der Waals surface area contributed by atoms with Gasteiger partial charge in [0.2, 0.25) is 0 Å². The number of fused-ring (bicyclic) bond motifs is 1. The Morgan fingerprint density at radius 1 is 1.37 bits per heavy atom. The Labute approximate surface area is 122 Å². The molecule has 5 heteroatoms. The average Bonchev–Trinajstić information content (AvgIpc) is 2.38. The second-order valence-corrected chi connectivity index (χ2v) is 5.62. The van der Waals surface area contributed by atoms with Crippen LogP contribution in [-0.4, -0.2) is 31.0 Å². The van der Waals surface area contributed by atoms with Crippen LogP contribution in [0.25, 0.3) is 0 Å². The fourth-order valence-corrected chi connectivity index (χ4v) is 2.63. The zero-order valence-electron chi connectivity index (χ0n) is 11.1. The highest BCUT2D eigenvalue weighted by Crippen LogP contribution is 2.38. The molecule has 4 nitrogen and oxygen atoms in total. The third kappa shape index (κ3) is 4.37. The molecule has 106 valence electrons. The fourth-order valence-electron chi connectivity index (χ4n) is 2.02. The van der Waals surface area contributed by atoms with Crippen LogP contribution >= 0.6 is 15.9 Å². The van der Waals surface area contributed by atoms with Gasteiger partial charge in [0.1, 0.15) is 13.2 Å². The van der Waals surface area contributed by atoms with Gasteiger partial charge in [-0.05, 0) is 59.9 Å². The van der Waals surface area contributed by atoms with E-state index in [9.17, 15) is 5.11 Å². The first-order valence-electron chi connectivity index (χ1n) is 6.63. The number of hydrogen-bond acceptors (Lipinski definition) is 4. The largest absolute Gasteiger partial charge is 0.486 e. The number of nitrogens with one attached hydrogen (secondary N) is 1. The molecule has 2 N–H and O–H groups in total. The van der Waals surface area contributed by atoms with Crippen molar-refractivity contribution >= 4 is 15.9 Å². The maximum absolute atomic E-state index is 9.17. The molecule has 19 heavy (non-hydrogen) atoms. The number of rotatable bonds is 6. The summed E-state index contributed by atoms with van der Waals surface area (Å²) in [7, 11) is 0. The van der Waals surface area contributed by atoms with Gasteiger partial charge < -0.3 is 19.9 Å². The minimum absolute atomic E-state index is 0.217. The molecule has 0 spiro atoms. The molecule has 0 fully saturated rings. The van der Waals surface area contributed by atoms with Gasteiger partial charge in [-0.1, -0.05) is 0 Å². The molecule has 0 aliphatic carbocycles. The molecule has 1 atom stereocenters. The van der Waals surface area contributed by atoms with E-state index < -0.39 is 0 Å². The zero-order chi connectivity index (χ0) is 13.7. The number of halogens is 1. The highest BCUT2D eigenvalue weighted by atomic mass is 79.9. The number of aliphatic hydroxyl groups is 1. The molecule has 0 bridgehead atoms. The molecule has 1 aliphatic heterocycles. The fraction of sp³-hybridized carbons (Fsp3) is 0.571. The summed E-state index contributed by atoms with van der Waals surface area (Å²) in [4.78, 5) is 0. The molecule has 2 rings (SSSR count).